The van der Waals surface area contributed by atoms with Crippen LogP contribution in [0.2, 0.25) is 0 Å². The molecule has 0 saturated carbocycles. The Hall–Kier alpha value is -1.42. The molecular formula is C13H17N3S. The smallest absolute Gasteiger partial charge is 0.0945 e. The minimum Gasteiger partial charge on any atom is -0.385 e. The number of hydrogen-bond donors (Lipinski definition) is 1. The first-order valence-corrected chi connectivity index (χ1v) is 6.94. The number of rotatable bonds is 6. The van der Waals surface area contributed by atoms with Gasteiger partial charge in [0.05, 0.1) is 6.33 Å². The molecule has 0 aliphatic carbocycles. The van der Waals surface area contributed by atoms with E-state index in [0.29, 0.717) is 0 Å². The van der Waals surface area contributed by atoms with Gasteiger partial charge in [0.25, 0.3) is 0 Å². The first kappa shape index (κ1) is 12.0. The van der Waals surface area contributed by atoms with E-state index in [1.807, 2.05) is 18.7 Å². The standard InChI is InChI=1S/C13H17N3S/c1-17-13-5-3-12(4-6-13)15-7-2-9-16-10-8-14-11-16/h3-6,8,10-11,15H,2,7,9H2,1H3. The average molecular weight is 247 g/mol. The largest absolute Gasteiger partial charge is 0.385 e. The summed E-state index contributed by atoms with van der Waals surface area (Å²) in [5.41, 5.74) is 1.19. The van der Waals surface area contributed by atoms with Gasteiger partial charge in [-0.1, -0.05) is 0 Å². The number of nitrogens with zero attached hydrogens (tertiary/aromatic N) is 2. The van der Waals surface area contributed by atoms with Gasteiger partial charge in [-0.15, -0.1) is 11.8 Å². The number of thioether (sulfide) groups is 1. The molecule has 0 bridgehead atoms. The third-order valence-corrected chi connectivity index (χ3v) is 3.31. The van der Waals surface area contributed by atoms with Gasteiger partial charge in [-0.25, -0.2) is 4.98 Å². The van der Waals surface area contributed by atoms with E-state index < -0.39 is 0 Å². The van der Waals surface area contributed by atoms with Gasteiger partial charge in [0.1, 0.15) is 0 Å². The highest BCUT2D eigenvalue weighted by Gasteiger charge is 1.94. The molecule has 0 amide bonds. The normalized spacial score (nSPS) is 10.4. The lowest BCUT2D eigenvalue weighted by Gasteiger charge is -2.07. The Bertz CT molecular complexity index is 422. The molecule has 0 aliphatic rings. The van der Waals surface area contributed by atoms with Crippen molar-refractivity contribution >= 4 is 17.4 Å². The molecule has 4 heteroatoms. The third kappa shape index (κ3) is 3.82. The molecule has 0 spiro atoms. The van der Waals surface area contributed by atoms with Crippen molar-refractivity contribution in [2.24, 2.45) is 0 Å². The van der Waals surface area contributed by atoms with Crippen molar-refractivity contribution in [3.63, 3.8) is 0 Å². The van der Waals surface area contributed by atoms with E-state index in [-0.39, 0.29) is 0 Å². The van der Waals surface area contributed by atoms with Gasteiger partial charge in [0.2, 0.25) is 0 Å². The summed E-state index contributed by atoms with van der Waals surface area (Å²) in [5.74, 6) is 0. The van der Waals surface area contributed by atoms with Crippen LogP contribution in [0.4, 0.5) is 5.69 Å². The minimum atomic E-state index is 0.983. The first-order valence-electron chi connectivity index (χ1n) is 5.72. The van der Waals surface area contributed by atoms with Crippen LogP contribution in [0.5, 0.6) is 0 Å². The lowest BCUT2D eigenvalue weighted by atomic mass is 10.3. The summed E-state index contributed by atoms with van der Waals surface area (Å²) in [6.45, 7) is 1.99. The zero-order chi connectivity index (χ0) is 11.9. The highest BCUT2D eigenvalue weighted by Crippen LogP contribution is 2.17. The second-order valence-corrected chi connectivity index (χ2v) is 4.69. The molecule has 0 atom stereocenters. The van der Waals surface area contributed by atoms with Crippen LogP contribution in [0, 0.1) is 0 Å². The van der Waals surface area contributed by atoms with E-state index in [0.717, 1.165) is 19.5 Å². The van der Waals surface area contributed by atoms with Gasteiger partial charge in [-0.05, 0) is 36.9 Å². The van der Waals surface area contributed by atoms with E-state index in [4.69, 9.17) is 0 Å². The number of imidazole rings is 1. The van der Waals surface area contributed by atoms with Crippen LogP contribution < -0.4 is 5.32 Å². The van der Waals surface area contributed by atoms with E-state index in [1.54, 1.807) is 11.8 Å². The molecule has 0 saturated heterocycles. The average Bonchev–Trinajstić information content (AvgIpc) is 2.88. The van der Waals surface area contributed by atoms with E-state index in [2.05, 4.69) is 45.4 Å². The van der Waals surface area contributed by atoms with Gasteiger partial charge in [-0.3, -0.25) is 0 Å². The van der Waals surface area contributed by atoms with Crippen molar-refractivity contribution < 1.29 is 0 Å². The van der Waals surface area contributed by atoms with Crippen LogP contribution >= 0.6 is 11.8 Å². The highest BCUT2D eigenvalue weighted by atomic mass is 32.2. The van der Waals surface area contributed by atoms with E-state index in [9.17, 15) is 0 Å². The quantitative estimate of drug-likeness (QED) is 0.628. The zero-order valence-corrected chi connectivity index (χ0v) is 10.8. The number of aryl methyl sites for hydroxylation is 1. The maximum absolute atomic E-state index is 4.02. The van der Waals surface area contributed by atoms with Crippen molar-refractivity contribution in [2.75, 3.05) is 18.1 Å². The summed E-state index contributed by atoms with van der Waals surface area (Å²) >= 11 is 1.77. The summed E-state index contributed by atoms with van der Waals surface area (Å²) < 4.78 is 2.10. The Morgan fingerprint density at radius 2 is 2.12 bits per heavy atom. The maximum atomic E-state index is 4.02. The summed E-state index contributed by atoms with van der Waals surface area (Å²) in [6.07, 6.45) is 8.85. The SMILES string of the molecule is CSc1ccc(NCCCn2ccnc2)cc1. The number of anilines is 1. The number of hydrogen-bond acceptors (Lipinski definition) is 3. The van der Waals surface area contributed by atoms with Crippen molar-refractivity contribution in [3.8, 4) is 0 Å². The predicted molar refractivity (Wildman–Crippen MR) is 73.6 cm³/mol. The van der Waals surface area contributed by atoms with Crippen LogP contribution in [0.1, 0.15) is 6.42 Å². The summed E-state index contributed by atoms with van der Waals surface area (Å²) in [7, 11) is 0. The zero-order valence-electron chi connectivity index (χ0n) is 9.97. The van der Waals surface area contributed by atoms with Crippen LogP contribution in [-0.2, 0) is 6.54 Å². The van der Waals surface area contributed by atoms with Gasteiger partial charge in [0, 0.05) is 36.1 Å². The molecule has 3 nitrogen and oxygen atoms in total. The molecule has 0 radical (unpaired) electrons. The molecule has 0 fully saturated rings. The molecule has 2 rings (SSSR count). The molecule has 17 heavy (non-hydrogen) atoms. The van der Waals surface area contributed by atoms with Gasteiger partial charge in [-0.2, -0.15) is 0 Å². The van der Waals surface area contributed by atoms with Crippen LogP contribution in [0.15, 0.2) is 47.9 Å². The predicted octanol–water partition coefficient (Wildman–Crippen LogP) is 3.11. The van der Waals surface area contributed by atoms with Crippen molar-refractivity contribution in [2.45, 2.75) is 17.9 Å². The second kappa shape index (κ2) is 6.35. The molecule has 1 aromatic heterocycles. The fourth-order valence-electron chi connectivity index (χ4n) is 1.62. The lowest BCUT2D eigenvalue weighted by molar-refractivity contribution is 0.661. The molecule has 1 heterocycles. The second-order valence-electron chi connectivity index (χ2n) is 3.81. The lowest BCUT2D eigenvalue weighted by Crippen LogP contribution is -2.05. The molecule has 0 unspecified atom stereocenters. The van der Waals surface area contributed by atoms with Crippen LogP contribution in [0.25, 0.3) is 0 Å². The van der Waals surface area contributed by atoms with Gasteiger partial charge < -0.3 is 9.88 Å². The number of benzene rings is 1. The summed E-state index contributed by atoms with van der Waals surface area (Å²) in [6, 6.07) is 8.54. The van der Waals surface area contributed by atoms with Gasteiger partial charge in [0.15, 0.2) is 0 Å². The van der Waals surface area contributed by atoms with E-state index >= 15 is 0 Å². The highest BCUT2D eigenvalue weighted by molar-refractivity contribution is 7.98. The number of aromatic nitrogens is 2. The topological polar surface area (TPSA) is 29.9 Å². The molecule has 90 valence electrons. The fraction of sp³-hybridized carbons (Fsp3) is 0.308. The molecule has 1 aromatic carbocycles. The summed E-state index contributed by atoms with van der Waals surface area (Å²) in [4.78, 5) is 5.32. The third-order valence-electron chi connectivity index (χ3n) is 2.57. The first-order chi connectivity index (χ1) is 8.38. The molecule has 0 aliphatic heterocycles. The van der Waals surface area contributed by atoms with Gasteiger partial charge >= 0.3 is 0 Å². The van der Waals surface area contributed by atoms with Crippen LogP contribution in [0.3, 0.4) is 0 Å². The Morgan fingerprint density at radius 1 is 1.29 bits per heavy atom. The summed E-state index contributed by atoms with van der Waals surface area (Å²) in [5, 5.41) is 3.42. The number of nitrogens with one attached hydrogen (secondary N) is 1. The Balaban J connectivity index is 1.70. The molecule has 2 aromatic rings. The van der Waals surface area contributed by atoms with Crippen LogP contribution in [-0.4, -0.2) is 22.4 Å². The Labute approximate surface area is 106 Å². The van der Waals surface area contributed by atoms with E-state index in [1.165, 1.54) is 10.6 Å². The van der Waals surface area contributed by atoms with Crippen molar-refractivity contribution in [1.82, 2.24) is 9.55 Å². The van der Waals surface area contributed by atoms with Crippen molar-refractivity contribution in [3.05, 3.63) is 43.0 Å². The fourth-order valence-corrected chi connectivity index (χ4v) is 2.03. The molecule has 1 N–H and O–H groups in total. The maximum Gasteiger partial charge on any atom is 0.0945 e. The van der Waals surface area contributed by atoms with Crippen molar-refractivity contribution in [1.29, 1.82) is 0 Å². The Kier molecular flexibility index (Phi) is 4.50. The molecular weight excluding hydrogens is 230 g/mol. The Morgan fingerprint density at radius 3 is 2.76 bits per heavy atom. The minimum absolute atomic E-state index is 0.983. The monoisotopic (exact) mass is 247 g/mol.